The minimum atomic E-state index is 0.0925. The van der Waals surface area contributed by atoms with Crippen molar-refractivity contribution in [3.8, 4) is 0 Å². The quantitative estimate of drug-likeness (QED) is 0.802. The molecular weight excluding hydrogens is 248 g/mol. The van der Waals surface area contributed by atoms with Crippen molar-refractivity contribution < 1.29 is 4.79 Å². The Morgan fingerprint density at radius 1 is 1.00 bits per heavy atom. The molecule has 0 spiro atoms. The van der Waals surface area contributed by atoms with E-state index in [1.165, 1.54) is 19.3 Å². The van der Waals surface area contributed by atoms with Crippen molar-refractivity contribution in [2.75, 3.05) is 13.1 Å². The van der Waals surface area contributed by atoms with Crippen molar-refractivity contribution in [2.24, 2.45) is 23.0 Å². The number of carbonyl (C=O) groups excluding carboxylic acids is 1. The van der Waals surface area contributed by atoms with Crippen LogP contribution in [0.5, 0.6) is 0 Å². The van der Waals surface area contributed by atoms with Gasteiger partial charge in [0.2, 0.25) is 5.91 Å². The van der Waals surface area contributed by atoms with Crippen molar-refractivity contribution in [3.05, 3.63) is 0 Å². The average Bonchev–Trinajstić information content (AvgIpc) is 2.63. The van der Waals surface area contributed by atoms with E-state index in [2.05, 4.69) is 25.7 Å². The minimum Gasteiger partial charge on any atom is -0.342 e. The fourth-order valence-electron chi connectivity index (χ4n) is 3.88. The molecule has 20 heavy (non-hydrogen) atoms. The van der Waals surface area contributed by atoms with Crippen LogP contribution in [0.15, 0.2) is 0 Å². The van der Waals surface area contributed by atoms with E-state index in [-0.39, 0.29) is 12.0 Å². The largest absolute Gasteiger partial charge is 0.342 e. The Balaban J connectivity index is 1.94. The van der Waals surface area contributed by atoms with Crippen molar-refractivity contribution in [1.29, 1.82) is 0 Å². The molecule has 1 aliphatic heterocycles. The molecule has 1 saturated carbocycles. The van der Waals surface area contributed by atoms with Crippen LogP contribution >= 0.6 is 0 Å². The molecule has 0 aromatic carbocycles. The number of hydrogen-bond acceptors (Lipinski definition) is 2. The first kappa shape index (κ1) is 15.8. The molecule has 1 saturated heterocycles. The summed E-state index contributed by atoms with van der Waals surface area (Å²) in [7, 11) is 0. The Morgan fingerprint density at radius 3 is 2.35 bits per heavy atom. The van der Waals surface area contributed by atoms with E-state index >= 15 is 0 Å². The maximum Gasteiger partial charge on any atom is 0.227 e. The van der Waals surface area contributed by atoms with Crippen molar-refractivity contribution in [1.82, 2.24) is 4.90 Å². The van der Waals surface area contributed by atoms with E-state index in [0.29, 0.717) is 11.3 Å². The Kier molecular flexibility index (Phi) is 5.11. The van der Waals surface area contributed by atoms with Crippen LogP contribution in [0.4, 0.5) is 0 Å². The molecule has 3 atom stereocenters. The first-order valence-corrected chi connectivity index (χ1v) is 8.44. The van der Waals surface area contributed by atoms with Gasteiger partial charge in [0, 0.05) is 19.1 Å². The summed E-state index contributed by atoms with van der Waals surface area (Å²) < 4.78 is 0. The maximum atomic E-state index is 12.7. The highest BCUT2D eigenvalue weighted by molar-refractivity contribution is 5.79. The minimum absolute atomic E-state index is 0.0925. The third kappa shape index (κ3) is 3.75. The average molecular weight is 280 g/mol. The SMILES string of the molecule is CC(C)(C)C1CCCN(C(=O)C2CCCCC2N)CC1. The highest BCUT2D eigenvalue weighted by Gasteiger charge is 2.34. The molecule has 1 amide bonds. The van der Waals surface area contributed by atoms with Crippen LogP contribution in [-0.4, -0.2) is 29.9 Å². The molecule has 2 fully saturated rings. The molecule has 3 unspecified atom stereocenters. The van der Waals surface area contributed by atoms with E-state index in [9.17, 15) is 4.79 Å². The highest BCUT2D eigenvalue weighted by atomic mass is 16.2. The number of likely N-dealkylation sites (tertiary alicyclic amines) is 1. The van der Waals surface area contributed by atoms with Crippen LogP contribution in [0.3, 0.4) is 0 Å². The Morgan fingerprint density at radius 2 is 1.70 bits per heavy atom. The zero-order valence-corrected chi connectivity index (χ0v) is 13.5. The predicted octanol–water partition coefficient (Wildman–Crippen LogP) is 3.18. The van der Waals surface area contributed by atoms with Gasteiger partial charge in [-0.1, -0.05) is 33.6 Å². The Bertz CT molecular complexity index is 334. The van der Waals surface area contributed by atoms with Crippen LogP contribution in [0.1, 0.15) is 65.7 Å². The molecule has 3 heteroatoms. The third-order valence-electron chi connectivity index (χ3n) is 5.40. The van der Waals surface area contributed by atoms with Crippen molar-refractivity contribution in [2.45, 2.75) is 71.8 Å². The molecule has 0 aromatic heterocycles. The Hall–Kier alpha value is -0.570. The fourth-order valence-corrected chi connectivity index (χ4v) is 3.88. The van der Waals surface area contributed by atoms with E-state index in [0.717, 1.165) is 44.7 Å². The zero-order valence-electron chi connectivity index (χ0n) is 13.5. The van der Waals surface area contributed by atoms with Gasteiger partial charge >= 0.3 is 0 Å². The van der Waals surface area contributed by atoms with Gasteiger partial charge in [-0.2, -0.15) is 0 Å². The molecule has 0 bridgehead atoms. The van der Waals surface area contributed by atoms with Crippen molar-refractivity contribution in [3.63, 3.8) is 0 Å². The van der Waals surface area contributed by atoms with E-state index in [1.807, 2.05) is 0 Å². The van der Waals surface area contributed by atoms with Gasteiger partial charge in [-0.05, 0) is 43.4 Å². The molecule has 1 heterocycles. The van der Waals surface area contributed by atoms with E-state index in [1.54, 1.807) is 0 Å². The summed E-state index contributed by atoms with van der Waals surface area (Å²) in [4.78, 5) is 14.8. The van der Waals surface area contributed by atoms with Crippen LogP contribution in [0, 0.1) is 17.3 Å². The number of carbonyl (C=O) groups is 1. The van der Waals surface area contributed by atoms with Gasteiger partial charge in [0.1, 0.15) is 0 Å². The fraction of sp³-hybridized carbons (Fsp3) is 0.941. The van der Waals surface area contributed by atoms with Crippen LogP contribution in [0.25, 0.3) is 0 Å². The first-order valence-electron chi connectivity index (χ1n) is 8.44. The lowest BCUT2D eigenvalue weighted by Crippen LogP contribution is -2.46. The monoisotopic (exact) mass is 280 g/mol. The smallest absolute Gasteiger partial charge is 0.227 e. The molecule has 0 radical (unpaired) electrons. The molecule has 3 nitrogen and oxygen atoms in total. The highest BCUT2D eigenvalue weighted by Crippen LogP contribution is 2.35. The van der Waals surface area contributed by atoms with Gasteiger partial charge in [-0.3, -0.25) is 4.79 Å². The number of nitrogens with two attached hydrogens (primary N) is 1. The maximum absolute atomic E-state index is 12.7. The normalized spacial score (nSPS) is 32.8. The van der Waals surface area contributed by atoms with Gasteiger partial charge in [-0.25, -0.2) is 0 Å². The lowest BCUT2D eigenvalue weighted by Gasteiger charge is -2.33. The zero-order chi connectivity index (χ0) is 14.8. The summed E-state index contributed by atoms with van der Waals surface area (Å²) in [6.07, 6.45) is 7.94. The summed E-state index contributed by atoms with van der Waals surface area (Å²) >= 11 is 0. The molecule has 0 aromatic rings. The van der Waals surface area contributed by atoms with Gasteiger partial charge in [-0.15, -0.1) is 0 Å². The summed E-state index contributed by atoms with van der Waals surface area (Å²) in [5.41, 5.74) is 6.54. The lowest BCUT2D eigenvalue weighted by molar-refractivity contribution is -0.137. The number of hydrogen-bond donors (Lipinski definition) is 1. The summed E-state index contributed by atoms with van der Waals surface area (Å²) in [6, 6.07) is 0.0953. The molecule has 2 aliphatic rings. The second-order valence-electron chi connectivity index (χ2n) is 7.87. The summed E-state index contributed by atoms with van der Waals surface area (Å²) in [6.45, 7) is 8.85. The standard InChI is InChI=1S/C17H32N2O/c1-17(2,3)13-7-6-11-19(12-10-13)16(20)14-8-4-5-9-15(14)18/h13-15H,4-12,18H2,1-3H3. The Labute approximate surface area is 124 Å². The van der Waals surface area contributed by atoms with E-state index in [4.69, 9.17) is 5.73 Å². The molecular formula is C17H32N2O. The second-order valence-corrected chi connectivity index (χ2v) is 7.87. The lowest BCUT2D eigenvalue weighted by atomic mass is 9.77. The number of rotatable bonds is 1. The van der Waals surface area contributed by atoms with Gasteiger partial charge in [0.05, 0.1) is 5.92 Å². The molecule has 2 rings (SSSR count). The number of nitrogens with zero attached hydrogens (tertiary/aromatic N) is 1. The first-order chi connectivity index (χ1) is 9.39. The van der Waals surface area contributed by atoms with Gasteiger partial charge < -0.3 is 10.6 Å². The van der Waals surface area contributed by atoms with Crippen LogP contribution < -0.4 is 5.73 Å². The summed E-state index contributed by atoms with van der Waals surface area (Å²) in [5.74, 6) is 1.17. The van der Waals surface area contributed by atoms with Gasteiger partial charge in [0.15, 0.2) is 0 Å². The van der Waals surface area contributed by atoms with Crippen LogP contribution in [-0.2, 0) is 4.79 Å². The second kappa shape index (κ2) is 6.46. The summed E-state index contributed by atoms with van der Waals surface area (Å²) in [5, 5.41) is 0. The van der Waals surface area contributed by atoms with Gasteiger partial charge in [0.25, 0.3) is 0 Å². The molecule has 116 valence electrons. The number of amides is 1. The third-order valence-corrected chi connectivity index (χ3v) is 5.40. The predicted molar refractivity (Wildman–Crippen MR) is 83.3 cm³/mol. The van der Waals surface area contributed by atoms with E-state index < -0.39 is 0 Å². The topological polar surface area (TPSA) is 46.3 Å². The van der Waals surface area contributed by atoms with Crippen molar-refractivity contribution >= 4 is 5.91 Å². The van der Waals surface area contributed by atoms with Crippen LogP contribution in [0.2, 0.25) is 0 Å². The molecule has 2 N–H and O–H groups in total. The molecule has 1 aliphatic carbocycles.